The van der Waals surface area contributed by atoms with Gasteiger partial charge in [0, 0.05) is 0 Å². The molecule has 0 aromatic carbocycles. The second-order valence-electron chi connectivity index (χ2n) is 2.80. The molecule has 3 aliphatic heterocycles. The summed E-state index contributed by atoms with van der Waals surface area (Å²) >= 11 is 12.4. The van der Waals surface area contributed by atoms with Crippen LogP contribution in [0.3, 0.4) is 0 Å². The Bertz CT molecular complexity index is 407. The summed E-state index contributed by atoms with van der Waals surface area (Å²) in [5.74, 6) is 0. The Morgan fingerprint density at radius 1 is 0.812 bits per heavy atom. The quantitative estimate of drug-likeness (QED) is 0.277. The van der Waals surface area contributed by atoms with Gasteiger partial charge >= 0.3 is 159 Å². The summed E-state index contributed by atoms with van der Waals surface area (Å²) in [7, 11) is 0. The third-order valence-electron chi connectivity index (χ3n) is 1.77. The topological polar surface area (TPSA) is 0 Å². The van der Waals surface area contributed by atoms with E-state index in [4.69, 9.17) is 0 Å². The Kier molecular flexibility index (Phi) is 5.83. The number of hydrogen-bond donors (Lipinski definition) is 0. The van der Waals surface area contributed by atoms with Crippen molar-refractivity contribution in [2.45, 2.75) is 10.6 Å². The summed E-state index contributed by atoms with van der Waals surface area (Å²) in [5, 5.41) is 3.08. The first-order valence-electron chi connectivity index (χ1n) is 4.25. The van der Waals surface area contributed by atoms with Crippen LogP contribution in [0.2, 0.25) is 10.6 Å². The summed E-state index contributed by atoms with van der Waals surface area (Å²) in [6, 6.07) is 0. The van der Waals surface area contributed by atoms with Crippen molar-refractivity contribution in [2.24, 2.45) is 0 Å². The second kappa shape index (κ2) is 6.48. The van der Waals surface area contributed by atoms with Gasteiger partial charge in [-0.1, -0.05) is 0 Å². The van der Waals surface area contributed by atoms with Crippen molar-refractivity contribution < 1.29 is 0 Å². The van der Waals surface area contributed by atoms with E-state index in [2.05, 4.69) is 45.2 Å². The van der Waals surface area contributed by atoms with Crippen molar-refractivity contribution in [3.05, 3.63) is 20.2 Å². The van der Waals surface area contributed by atoms with Crippen LogP contribution in [0.15, 0.2) is 20.2 Å². The third kappa shape index (κ3) is 3.20. The van der Waals surface area contributed by atoms with Gasteiger partial charge in [-0.05, 0) is 0 Å². The Hall–Kier alpha value is 3.46. The minimum absolute atomic E-state index is 0.769. The zero-order chi connectivity index (χ0) is 11.1. The fourth-order valence-electron chi connectivity index (χ4n) is 1.15. The SMILES string of the molecule is IC1=C(I)SC(=C2[Se]C3=C([Se]CC[Se]3)[Se]2)S1. The Morgan fingerprint density at radius 2 is 1.31 bits per heavy atom. The Balaban J connectivity index is 1.79. The molecule has 0 saturated carbocycles. The summed E-state index contributed by atoms with van der Waals surface area (Å²) in [4.78, 5) is 0. The van der Waals surface area contributed by atoms with Crippen molar-refractivity contribution in [3.63, 3.8) is 0 Å². The summed E-state index contributed by atoms with van der Waals surface area (Å²) in [5.41, 5.74) is 0. The average molecular weight is 734 g/mol. The van der Waals surface area contributed by atoms with E-state index in [0.717, 1.165) is 59.8 Å². The van der Waals surface area contributed by atoms with Crippen LogP contribution in [0, 0.1) is 0 Å². The van der Waals surface area contributed by atoms with E-state index in [1.165, 1.54) is 5.82 Å². The van der Waals surface area contributed by atoms with Crippen molar-refractivity contribution in [3.8, 4) is 0 Å². The molecule has 0 aliphatic carbocycles. The van der Waals surface area contributed by atoms with Gasteiger partial charge in [0.25, 0.3) is 0 Å². The number of rotatable bonds is 0. The molecule has 86 valence electrons. The summed E-state index contributed by atoms with van der Waals surface area (Å²) in [6.07, 6.45) is 0. The number of thioether (sulfide) groups is 2. The van der Waals surface area contributed by atoms with Crippen LogP contribution in [-0.4, -0.2) is 59.8 Å². The zero-order valence-corrected chi connectivity index (χ0v) is 20.4. The van der Waals surface area contributed by atoms with E-state index in [9.17, 15) is 0 Å². The molecule has 0 spiro atoms. The van der Waals surface area contributed by atoms with Crippen LogP contribution in [0.4, 0.5) is 0 Å². The van der Waals surface area contributed by atoms with Crippen LogP contribution in [-0.2, 0) is 0 Å². The van der Waals surface area contributed by atoms with Gasteiger partial charge in [0.05, 0.1) is 0 Å². The van der Waals surface area contributed by atoms with E-state index in [-0.39, 0.29) is 0 Å². The van der Waals surface area contributed by atoms with Gasteiger partial charge in [-0.15, -0.1) is 0 Å². The summed E-state index contributed by atoms with van der Waals surface area (Å²) in [6.45, 7) is 0. The fourth-order valence-corrected chi connectivity index (χ4v) is 27.0. The van der Waals surface area contributed by atoms with Gasteiger partial charge in [-0.3, -0.25) is 0 Å². The van der Waals surface area contributed by atoms with E-state index in [0.29, 0.717) is 0 Å². The van der Waals surface area contributed by atoms with Crippen molar-refractivity contribution in [2.75, 3.05) is 0 Å². The second-order valence-corrected chi connectivity index (χ2v) is 21.6. The molecular formula is C8H4I2S2Se4. The van der Waals surface area contributed by atoms with Gasteiger partial charge < -0.3 is 0 Å². The maximum atomic E-state index is 2.49. The van der Waals surface area contributed by atoms with Crippen LogP contribution < -0.4 is 0 Å². The molecule has 0 amide bonds. The predicted octanol–water partition coefficient (Wildman–Crippen LogP) is 3.40. The molecule has 16 heavy (non-hydrogen) atoms. The molecular weight excluding hydrogens is 730 g/mol. The Morgan fingerprint density at radius 3 is 1.81 bits per heavy atom. The van der Waals surface area contributed by atoms with Crippen LogP contribution in [0.5, 0.6) is 0 Å². The molecule has 3 heterocycles. The van der Waals surface area contributed by atoms with Crippen LogP contribution in [0.25, 0.3) is 0 Å². The first kappa shape index (κ1) is 14.4. The summed E-state index contributed by atoms with van der Waals surface area (Å²) < 4.78 is 10.5. The first-order valence-corrected chi connectivity index (χ1v) is 15.6. The van der Waals surface area contributed by atoms with Gasteiger partial charge in [0.1, 0.15) is 0 Å². The van der Waals surface area contributed by atoms with E-state index in [1.54, 1.807) is 14.9 Å². The molecule has 0 bridgehead atoms. The maximum absolute atomic E-state index is 2.49. The standard InChI is InChI=1S/C8H4I2S2Se4/c9-3-4(10)12-5(11-3)6-15-7-8(16-6)14-2-1-13-7/h1-2H2. The first-order chi connectivity index (χ1) is 7.74. The van der Waals surface area contributed by atoms with Crippen molar-refractivity contribution in [1.82, 2.24) is 0 Å². The average Bonchev–Trinajstić information content (AvgIpc) is 2.83. The molecule has 0 radical (unpaired) electrons. The Labute approximate surface area is 156 Å². The van der Waals surface area contributed by atoms with E-state index >= 15 is 0 Å². The molecule has 3 aliphatic rings. The number of halogens is 2. The molecule has 0 N–H and O–H groups in total. The van der Waals surface area contributed by atoms with E-state index < -0.39 is 0 Å². The van der Waals surface area contributed by atoms with Crippen LogP contribution >= 0.6 is 68.7 Å². The minimum atomic E-state index is 0.769. The van der Waals surface area contributed by atoms with Gasteiger partial charge in [-0.25, -0.2) is 0 Å². The monoisotopic (exact) mass is 737 g/mol. The molecule has 0 nitrogen and oxygen atoms in total. The molecule has 0 atom stereocenters. The normalized spacial score (nSPS) is 25.9. The van der Waals surface area contributed by atoms with Gasteiger partial charge in [-0.2, -0.15) is 0 Å². The van der Waals surface area contributed by atoms with Crippen molar-refractivity contribution in [1.29, 1.82) is 0 Å². The molecule has 0 unspecified atom stereocenters. The van der Waals surface area contributed by atoms with Gasteiger partial charge in [0.15, 0.2) is 0 Å². The molecule has 0 aromatic heterocycles. The molecule has 0 aromatic rings. The predicted molar refractivity (Wildman–Crippen MR) is 96.9 cm³/mol. The third-order valence-corrected chi connectivity index (χ3v) is 26.4. The molecule has 0 saturated heterocycles. The zero-order valence-electron chi connectivity index (χ0n) is 7.62. The van der Waals surface area contributed by atoms with Crippen LogP contribution in [0.1, 0.15) is 0 Å². The molecule has 8 heteroatoms. The van der Waals surface area contributed by atoms with E-state index in [1.807, 2.05) is 33.6 Å². The molecule has 0 fully saturated rings. The molecule has 3 rings (SSSR count). The number of hydrogen-bond acceptors (Lipinski definition) is 2. The van der Waals surface area contributed by atoms with Gasteiger partial charge in [0.2, 0.25) is 0 Å². The fraction of sp³-hybridized carbons (Fsp3) is 0.250. The van der Waals surface area contributed by atoms with Crippen molar-refractivity contribution >= 4 is 129 Å².